The number of likely N-dealkylation sites (N-methyl/N-ethyl adjacent to an activating group) is 1. The maximum Gasteiger partial charge on any atom is 0.234 e. The molecule has 0 aromatic heterocycles. The van der Waals surface area contributed by atoms with E-state index in [0.717, 1.165) is 19.6 Å². The number of nitrogens with zero attached hydrogens (tertiary/aromatic N) is 2. The van der Waals surface area contributed by atoms with Gasteiger partial charge in [0.25, 0.3) is 0 Å². The van der Waals surface area contributed by atoms with E-state index in [9.17, 15) is 4.79 Å². The average molecular weight is 329 g/mol. The Labute approximate surface area is 146 Å². The maximum atomic E-state index is 12.7. The predicted octanol–water partition coefficient (Wildman–Crippen LogP) is 2.67. The van der Waals surface area contributed by atoms with Crippen molar-refractivity contribution in [3.05, 3.63) is 35.9 Å². The Morgan fingerprint density at radius 3 is 2.58 bits per heavy atom. The maximum absolute atomic E-state index is 12.7. The standard InChI is InChI=1S/C20H31N3O/c1-16-14-22(2)12-13-23(16)15-19(24)21-20(18-10-6-7-11-18)17-8-4-3-5-9-17/h3-5,8-9,16,18,20H,6-7,10-15H2,1-2H3,(H,21,24)/t16-,20+/m0/s1. The van der Waals surface area contributed by atoms with Crippen LogP contribution in [0.15, 0.2) is 30.3 Å². The van der Waals surface area contributed by atoms with E-state index in [1.54, 1.807) is 0 Å². The molecule has 1 N–H and O–H groups in total. The van der Waals surface area contributed by atoms with Gasteiger partial charge in [0, 0.05) is 25.7 Å². The van der Waals surface area contributed by atoms with Crippen molar-refractivity contribution in [3.8, 4) is 0 Å². The summed E-state index contributed by atoms with van der Waals surface area (Å²) < 4.78 is 0. The molecule has 1 saturated carbocycles. The van der Waals surface area contributed by atoms with Crippen LogP contribution in [0, 0.1) is 5.92 Å². The van der Waals surface area contributed by atoms with Crippen LogP contribution in [0.3, 0.4) is 0 Å². The van der Waals surface area contributed by atoms with Crippen molar-refractivity contribution in [1.82, 2.24) is 15.1 Å². The van der Waals surface area contributed by atoms with E-state index >= 15 is 0 Å². The summed E-state index contributed by atoms with van der Waals surface area (Å²) in [7, 11) is 2.15. The molecule has 1 aromatic rings. The molecule has 1 aromatic carbocycles. The number of nitrogens with one attached hydrogen (secondary N) is 1. The zero-order valence-electron chi connectivity index (χ0n) is 15.1. The van der Waals surface area contributed by atoms with Gasteiger partial charge in [-0.25, -0.2) is 0 Å². The minimum absolute atomic E-state index is 0.170. The second kappa shape index (κ2) is 8.13. The molecule has 24 heavy (non-hydrogen) atoms. The summed E-state index contributed by atoms with van der Waals surface area (Å²) >= 11 is 0. The number of carbonyl (C=O) groups is 1. The van der Waals surface area contributed by atoms with Crippen LogP contribution in [0.1, 0.15) is 44.2 Å². The van der Waals surface area contributed by atoms with Crippen molar-refractivity contribution >= 4 is 5.91 Å². The van der Waals surface area contributed by atoms with Crippen LogP contribution in [-0.2, 0) is 4.79 Å². The van der Waals surface area contributed by atoms with E-state index in [1.165, 1.54) is 31.2 Å². The van der Waals surface area contributed by atoms with E-state index in [1.807, 2.05) is 6.07 Å². The zero-order chi connectivity index (χ0) is 16.9. The Bertz CT molecular complexity index is 527. The van der Waals surface area contributed by atoms with Crippen LogP contribution in [0.25, 0.3) is 0 Å². The van der Waals surface area contributed by atoms with Gasteiger partial charge < -0.3 is 10.2 Å². The molecule has 0 unspecified atom stereocenters. The summed E-state index contributed by atoms with van der Waals surface area (Å²) in [5, 5.41) is 3.36. The number of amides is 1. The number of benzene rings is 1. The molecule has 1 aliphatic carbocycles. The third-order valence-electron chi connectivity index (χ3n) is 5.66. The van der Waals surface area contributed by atoms with E-state index in [4.69, 9.17) is 0 Å². The Hall–Kier alpha value is -1.39. The zero-order valence-corrected chi connectivity index (χ0v) is 15.1. The molecule has 1 amide bonds. The minimum Gasteiger partial charge on any atom is -0.348 e. The molecule has 0 spiro atoms. The summed E-state index contributed by atoms with van der Waals surface area (Å²) in [6.45, 7) is 5.80. The van der Waals surface area contributed by atoms with Crippen molar-refractivity contribution in [2.24, 2.45) is 5.92 Å². The fraction of sp³-hybridized carbons (Fsp3) is 0.650. The van der Waals surface area contributed by atoms with Gasteiger partial charge >= 0.3 is 0 Å². The Morgan fingerprint density at radius 2 is 1.92 bits per heavy atom. The topological polar surface area (TPSA) is 35.6 Å². The molecular formula is C20H31N3O. The first-order valence-electron chi connectivity index (χ1n) is 9.40. The van der Waals surface area contributed by atoms with Crippen molar-refractivity contribution in [2.45, 2.75) is 44.7 Å². The first-order valence-corrected chi connectivity index (χ1v) is 9.40. The number of rotatable bonds is 5. The largest absolute Gasteiger partial charge is 0.348 e. The molecule has 2 aliphatic rings. The molecule has 1 heterocycles. The number of piperazine rings is 1. The van der Waals surface area contributed by atoms with Crippen LogP contribution in [-0.4, -0.2) is 55.0 Å². The number of carbonyl (C=O) groups excluding carboxylic acids is 1. The SMILES string of the molecule is C[C@H]1CN(C)CCN1CC(=O)N[C@H](c1ccccc1)C1CCCC1. The smallest absolute Gasteiger partial charge is 0.234 e. The van der Waals surface area contributed by atoms with Crippen LogP contribution < -0.4 is 5.32 Å². The summed E-state index contributed by atoms with van der Waals surface area (Å²) in [5.41, 5.74) is 1.25. The van der Waals surface area contributed by atoms with Gasteiger partial charge in [0.05, 0.1) is 12.6 Å². The van der Waals surface area contributed by atoms with Gasteiger partial charge in [0.1, 0.15) is 0 Å². The van der Waals surface area contributed by atoms with Crippen LogP contribution in [0.4, 0.5) is 0 Å². The second-order valence-corrected chi connectivity index (χ2v) is 7.58. The highest BCUT2D eigenvalue weighted by molar-refractivity contribution is 5.78. The van der Waals surface area contributed by atoms with E-state index in [-0.39, 0.29) is 11.9 Å². The highest BCUT2D eigenvalue weighted by Gasteiger charge is 2.29. The lowest BCUT2D eigenvalue weighted by Crippen LogP contribution is -2.53. The lowest BCUT2D eigenvalue weighted by atomic mass is 9.91. The molecule has 0 radical (unpaired) electrons. The number of hydrogen-bond donors (Lipinski definition) is 1. The molecule has 132 valence electrons. The molecule has 1 aliphatic heterocycles. The molecule has 2 fully saturated rings. The van der Waals surface area contributed by atoms with Gasteiger partial charge in [-0.15, -0.1) is 0 Å². The minimum atomic E-state index is 0.170. The molecule has 4 nitrogen and oxygen atoms in total. The molecule has 4 heteroatoms. The van der Waals surface area contributed by atoms with Gasteiger partial charge in [0.15, 0.2) is 0 Å². The Morgan fingerprint density at radius 1 is 1.21 bits per heavy atom. The summed E-state index contributed by atoms with van der Waals surface area (Å²) in [4.78, 5) is 17.4. The van der Waals surface area contributed by atoms with Gasteiger partial charge in [-0.2, -0.15) is 0 Å². The van der Waals surface area contributed by atoms with Crippen molar-refractivity contribution < 1.29 is 4.79 Å². The number of hydrogen-bond acceptors (Lipinski definition) is 3. The van der Waals surface area contributed by atoms with Crippen molar-refractivity contribution in [1.29, 1.82) is 0 Å². The highest BCUT2D eigenvalue weighted by atomic mass is 16.2. The van der Waals surface area contributed by atoms with Gasteiger partial charge in [-0.05, 0) is 38.3 Å². The summed E-state index contributed by atoms with van der Waals surface area (Å²) in [6, 6.07) is 11.1. The third kappa shape index (κ3) is 4.37. The molecule has 3 rings (SSSR count). The van der Waals surface area contributed by atoms with Crippen molar-refractivity contribution in [3.63, 3.8) is 0 Å². The normalized spacial score (nSPS) is 24.8. The predicted molar refractivity (Wildman–Crippen MR) is 97.8 cm³/mol. The highest BCUT2D eigenvalue weighted by Crippen LogP contribution is 2.35. The molecule has 1 saturated heterocycles. The fourth-order valence-electron chi connectivity index (χ4n) is 4.24. The first-order chi connectivity index (χ1) is 11.6. The molecular weight excluding hydrogens is 298 g/mol. The van der Waals surface area contributed by atoms with Gasteiger partial charge in [-0.3, -0.25) is 9.69 Å². The molecule has 2 atom stereocenters. The van der Waals surface area contributed by atoms with Crippen LogP contribution >= 0.6 is 0 Å². The van der Waals surface area contributed by atoms with Crippen molar-refractivity contribution in [2.75, 3.05) is 33.2 Å². The van der Waals surface area contributed by atoms with Gasteiger partial charge in [0.2, 0.25) is 5.91 Å². The lowest BCUT2D eigenvalue weighted by Gasteiger charge is -2.38. The van der Waals surface area contributed by atoms with E-state index in [0.29, 0.717) is 18.5 Å². The Balaban J connectivity index is 1.63. The lowest BCUT2D eigenvalue weighted by molar-refractivity contribution is -0.124. The summed E-state index contributed by atoms with van der Waals surface area (Å²) in [6.07, 6.45) is 5.04. The Kier molecular flexibility index (Phi) is 5.90. The van der Waals surface area contributed by atoms with E-state index in [2.05, 4.69) is 53.4 Å². The average Bonchev–Trinajstić information content (AvgIpc) is 3.10. The summed E-state index contributed by atoms with van der Waals surface area (Å²) in [5.74, 6) is 0.758. The van der Waals surface area contributed by atoms with Crippen LogP contribution in [0.5, 0.6) is 0 Å². The molecule has 0 bridgehead atoms. The third-order valence-corrected chi connectivity index (χ3v) is 5.66. The monoisotopic (exact) mass is 329 g/mol. The fourth-order valence-corrected chi connectivity index (χ4v) is 4.24. The first kappa shape index (κ1) is 17.4. The quantitative estimate of drug-likeness (QED) is 0.902. The van der Waals surface area contributed by atoms with E-state index < -0.39 is 0 Å². The van der Waals surface area contributed by atoms with Crippen LogP contribution in [0.2, 0.25) is 0 Å². The van der Waals surface area contributed by atoms with Gasteiger partial charge in [-0.1, -0.05) is 43.2 Å². The second-order valence-electron chi connectivity index (χ2n) is 7.58.